The third-order valence-corrected chi connectivity index (χ3v) is 5.09. The number of carbonyl (C=O) groups excluding carboxylic acids is 1. The van der Waals surface area contributed by atoms with Crippen molar-refractivity contribution in [3.63, 3.8) is 0 Å². The second kappa shape index (κ2) is 7.77. The third-order valence-electron chi connectivity index (χ3n) is 3.49. The first-order valence-corrected chi connectivity index (χ1v) is 9.59. The fraction of sp³-hybridized carbons (Fsp3) is 0.188. The molecule has 0 aliphatic rings. The van der Waals surface area contributed by atoms with Gasteiger partial charge in [0.2, 0.25) is 10.0 Å². The number of hydrogen-bond acceptors (Lipinski definition) is 3. The van der Waals surface area contributed by atoms with E-state index in [2.05, 4.69) is 21.2 Å². The number of halogens is 4. The molecule has 0 spiro atoms. The van der Waals surface area contributed by atoms with Crippen molar-refractivity contribution in [1.29, 1.82) is 0 Å². The summed E-state index contributed by atoms with van der Waals surface area (Å²) in [5, 5.41) is 7.62. The van der Waals surface area contributed by atoms with E-state index in [9.17, 15) is 26.4 Å². The van der Waals surface area contributed by atoms with Crippen LogP contribution in [0.3, 0.4) is 0 Å². The predicted molar refractivity (Wildman–Crippen MR) is 93.0 cm³/mol. The van der Waals surface area contributed by atoms with Crippen LogP contribution in [0.15, 0.2) is 51.8 Å². The molecule has 1 amide bonds. The first-order chi connectivity index (χ1) is 12.0. The molecule has 3 N–H and O–H groups in total. The minimum absolute atomic E-state index is 0.0870. The maximum absolute atomic E-state index is 12.5. The molecule has 0 saturated carbocycles. The Balaban J connectivity index is 2.01. The summed E-state index contributed by atoms with van der Waals surface area (Å²) in [4.78, 5) is 12.0. The number of benzene rings is 2. The number of primary sulfonamides is 1. The SMILES string of the molecule is NS(=O)(=O)c1ccc(Br)c(C(=O)NCCc2ccc(C(F)(F)F)cc2)c1. The average molecular weight is 451 g/mol. The lowest BCUT2D eigenvalue weighted by atomic mass is 10.1. The predicted octanol–water partition coefficient (Wildman–Crippen LogP) is 3.09. The van der Waals surface area contributed by atoms with Gasteiger partial charge in [-0.2, -0.15) is 13.2 Å². The van der Waals surface area contributed by atoms with Crippen LogP contribution in [0.5, 0.6) is 0 Å². The molecule has 0 atom stereocenters. The molecule has 140 valence electrons. The van der Waals surface area contributed by atoms with E-state index in [1.807, 2.05) is 0 Å². The van der Waals surface area contributed by atoms with Gasteiger partial charge in [0.25, 0.3) is 5.91 Å². The van der Waals surface area contributed by atoms with Crippen LogP contribution in [-0.4, -0.2) is 20.9 Å². The Morgan fingerprint density at radius 1 is 1.12 bits per heavy atom. The second-order valence-corrected chi connectivity index (χ2v) is 7.80. The van der Waals surface area contributed by atoms with Gasteiger partial charge in [0, 0.05) is 11.0 Å². The van der Waals surface area contributed by atoms with Gasteiger partial charge in [0.05, 0.1) is 16.0 Å². The third kappa shape index (κ3) is 5.29. The lowest BCUT2D eigenvalue weighted by Crippen LogP contribution is -2.26. The zero-order valence-corrected chi connectivity index (χ0v) is 15.6. The molecule has 0 radical (unpaired) electrons. The number of amides is 1. The summed E-state index contributed by atoms with van der Waals surface area (Å²) in [5.41, 5.74) is -0.0337. The fourth-order valence-corrected chi connectivity index (χ4v) is 3.10. The molecule has 0 aromatic heterocycles. The minimum atomic E-state index is -4.40. The molecule has 0 aliphatic heterocycles. The van der Waals surface area contributed by atoms with E-state index < -0.39 is 27.7 Å². The lowest BCUT2D eigenvalue weighted by Gasteiger charge is -2.10. The average Bonchev–Trinajstić information content (AvgIpc) is 2.53. The summed E-state index contributed by atoms with van der Waals surface area (Å²) in [7, 11) is -3.95. The number of alkyl halides is 3. The highest BCUT2D eigenvalue weighted by Gasteiger charge is 2.29. The summed E-state index contributed by atoms with van der Waals surface area (Å²) in [6, 6.07) is 8.43. The zero-order valence-electron chi connectivity index (χ0n) is 13.2. The number of nitrogens with one attached hydrogen (secondary N) is 1. The van der Waals surface area contributed by atoms with E-state index in [4.69, 9.17) is 5.14 Å². The van der Waals surface area contributed by atoms with Crippen molar-refractivity contribution in [3.8, 4) is 0 Å². The largest absolute Gasteiger partial charge is 0.416 e. The van der Waals surface area contributed by atoms with Crippen LogP contribution in [0, 0.1) is 0 Å². The van der Waals surface area contributed by atoms with Crippen LogP contribution in [0.25, 0.3) is 0 Å². The van der Waals surface area contributed by atoms with Crippen LogP contribution in [0.1, 0.15) is 21.5 Å². The Hall–Kier alpha value is -1.91. The van der Waals surface area contributed by atoms with Gasteiger partial charge in [0.15, 0.2) is 0 Å². The maximum atomic E-state index is 12.5. The Kier molecular flexibility index (Phi) is 6.09. The van der Waals surface area contributed by atoms with Gasteiger partial charge in [-0.3, -0.25) is 4.79 Å². The smallest absolute Gasteiger partial charge is 0.352 e. The van der Waals surface area contributed by atoms with Crippen molar-refractivity contribution < 1.29 is 26.4 Å². The van der Waals surface area contributed by atoms with Gasteiger partial charge in [0.1, 0.15) is 0 Å². The molecule has 2 aromatic carbocycles. The van der Waals surface area contributed by atoms with Gasteiger partial charge in [-0.05, 0) is 58.2 Å². The van der Waals surface area contributed by atoms with Gasteiger partial charge in [-0.25, -0.2) is 13.6 Å². The van der Waals surface area contributed by atoms with Crippen molar-refractivity contribution in [2.24, 2.45) is 5.14 Å². The second-order valence-electron chi connectivity index (χ2n) is 5.39. The minimum Gasteiger partial charge on any atom is -0.352 e. The number of carbonyl (C=O) groups is 1. The summed E-state index contributed by atoms with van der Waals surface area (Å²) >= 11 is 3.16. The summed E-state index contributed by atoms with van der Waals surface area (Å²) in [5.74, 6) is -0.533. The number of nitrogens with two attached hydrogens (primary N) is 1. The molecule has 2 aromatic rings. The van der Waals surface area contributed by atoms with Crippen molar-refractivity contribution in [2.45, 2.75) is 17.5 Å². The molecule has 0 bridgehead atoms. The molecule has 2 rings (SSSR count). The number of rotatable bonds is 5. The summed E-state index contributed by atoms with van der Waals surface area (Å²) < 4.78 is 60.6. The Labute approximate surface area is 156 Å². The van der Waals surface area contributed by atoms with Crippen molar-refractivity contribution in [2.75, 3.05) is 6.54 Å². The summed E-state index contributed by atoms with van der Waals surface area (Å²) in [6.07, 6.45) is -4.08. The van der Waals surface area contributed by atoms with Crippen LogP contribution in [0.4, 0.5) is 13.2 Å². The van der Waals surface area contributed by atoms with E-state index in [1.54, 1.807) is 0 Å². The van der Waals surface area contributed by atoms with E-state index in [0.717, 1.165) is 18.2 Å². The maximum Gasteiger partial charge on any atom is 0.416 e. The molecular weight excluding hydrogens is 437 g/mol. The Morgan fingerprint density at radius 2 is 1.73 bits per heavy atom. The van der Waals surface area contributed by atoms with Gasteiger partial charge in [-0.1, -0.05) is 12.1 Å². The van der Waals surface area contributed by atoms with Crippen LogP contribution in [0.2, 0.25) is 0 Å². The number of hydrogen-bond donors (Lipinski definition) is 2. The van der Waals surface area contributed by atoms with Crippen molar-refractivity contribution in [1.82, 2.24) is 5.32 Å². The van der Waals surface area contributed by atoms with Crippen LogP contribution in [-0.2, 0) is 22.6 Å². The monoisotopic (exact) mass is 450 g/mol. The fourth-order valence-electron chi connectivity index (χ4n) is 2.13. The molecule has 0 fully saturated rings. The Morgan fingerprint density at radius 3 is 2.27 bits per heavy atom. The molecular formula is C16H14BrF3N2O3S. The quantitative estimate of drug-likeness (QED) is 0.733. The van der Waals surface area contributed by atoms with Gasteiger partial charge >= 0.3 is 6.18 Å². The highest BCUT2D eigenvalue weighted by molar-refractivity contribution is 9.10. The normalized spacial score (nSPS) is 12.0. The highest BCUT2D eigenvalue weighted by Crippen LogP contribution is 2.29. The first kappa shape index (κ1) is 20.4. The van der Waals surface area contributed by atoms with Gasteiger partial charge in [-0.15, -0.1) is 0 Å². The van der Waals surface area contributed by atoms with Crippen molar-refractivity contribution >= 4 is 31.9 Å². The standard InChI is InChI=1S/C16H14BrF3N2O3S/c17-14-6-5-12(26(21,24)25)9-13(14)15(23)22-8-7-10-1-3-11(4-2-10)16(18,19)20/h1-6,9H,7-8H2,(H,22,23)(H2,21,24,25). The number of sulfonamides is 1. The van der Waals surface area contributed by atoms with E-state index in [1.165, 1.54) is 24.3 Å². The molecule has 0 unspecified atom stereocenters. The molecule has 0 heterocycles. The topological polar surface area (TPSA) is 89.3 Å². The van der Waals surface area contributed by atoms with Crippen molar-refractivity contribution in [3.05, 3.63) is 63.6 Å². The first-order valence-electron chi connectivity index (χ1n) is 7.25. The molecule has 0 saturated heterocycles. The van der Waals surface area contributed by atoms with Crippen LogP contribution < -0.4 is 10.5 Å². The lowest BCUT2D eigenvalue weighted by molar-refractivity contribution is -0.137. The van der Waals surface area contributed by atoms with E-state index in [-0.39, 0.29) is 17.0 Å². The molecule has 0 aliphatic carbocycles. The van der Waals surface area contributed by atoms with Crippen LogP contribution >= 0.6 is 15.9 Å². The Bertz CT molecular complexity index is 913. The zero-order chi connectivity index (χ0) is 19.5. The molecule has 26 heavy (non-hydrogen) atoms. The highest BCUT2D eigenvalue weighted by atomic mass is 79.9. The van der Waals surface area contributed by atoms with E-state index in [0.29, 0.717) is 16.5 Å². The summed E-state index contributed by atoms with van der Waals surface area (Å²) in [6.45, 7) is 0.163. The van der Waals surface area contributed by atoms with Gasteiger partial charge < -0.3 is 5.32 Å². The van der Waals surface area contributed by atoms with E-state index >= 15 is 0 Å². The molecule has 5 nitrogen and oxygen atoms in total. The molecule has 10 heteroatoms.